The van der Waals surface area contributed by atoms with E-state index in [-0.39, 0.29) is 11.9 Å². The average Bonchev–Trinajstić information content (AvgIpc) is 2.36. The molecule has 0 aromatic heterocycles. The van der Waals surface area contributed by atoms with E-state index in [0.717, 1.165) is 24.3 Å². The van der Waals surface area contributed by atoms with E-state index in [1.165, 1.54) is 12.1 Å². The van der Waals surface area contributed by atoms with Gasteiger partial charge in [0.2, 0.25) is 0 Å². The minimum Gasteiger partial charge on any atom is -0.496 e. The lowest BCUT2D eigenvalue weighted by molar-refractivity contribution is 0.290. The molecule has 1 rings (SSSR count). The molecule has 0 heterocycles. The molecule has 0 spiro atoms. The van der Waals surface area contributed by atoms with Crippen LogP contribution in [0.15, 0.2) is 18.2 Å². The quantitative estimate of drug-likeness (QED) is 0.826. The third-order valence-electron chi connectivity index (χ3n) is 3.38. The summed E-state index contributed by atoms with van der Waals surface area (Å²) < 4.78 is 18.5. The molecule has 0 radical (unpaired) electrons. The largest absolute Gasteiger partial charge is 0.496 e. The molecule has 108 valence electrons. The van der Waals surface area contributed by atoms with Crippen molar-refractivity contribution in [3.8, 4) is 5.75 Å². The van der Waals surface area contributed by atoms with Crippen LogP contribution in [-0.2, 0) is 6.54 Å². The first-order valence-corrected chi connectivity index (χ1v) is 6.70. The summed E-state index contributed by atoms with van der Waals surface area (Å²) in [5.74, 6) is 0.974. The van der Waals surface area contributed by atoms with E-state index in [1.54, 1.807) is 13.2 Å². The highest BCUT2D eigenvalue weighted by atomic mass is 19.1. The standard InChI is InChI=1S/C15H25FN2O/c1-11(2)14(17)7-8-18(3)10-12-9-13(16)5-6-15(12)19-4/h5-6,9,11,14H,7-8,10,17H2,1-4H3. The second kappa shape index (κ2) is 7.46. The van der Waals surface area contributed by atoms with Crippen LogP contribution in [0.1, 0.15) is 25.8 Å². The van der Waals surface area contributed by atoms with Crippen LogP contribution in [0, 0.1) is 11.7 Å². The molecule has 4 heteroatoms. The minimum atomic E-state index is -0.233. The average molecular weight is 268 g/mol. The van der Waals surface area contributed by atoms with Crippen molar-refractivity contribution in [2.45, 2.75) is 32.9 Å². The molecule has 1 aromatic rings. The molecule has 0 saturated heterocycles. The van der Waals surface area contributed by atoms with E-state index in [2.05, 4.69) is 18.7 Å². The molecular weight excluding hydrogens is 243 g/mol. The van der Waals surface area contributed by atoms with Crippen LogP contribution < -0.4 is 10.5 Å². The Bertz CT molecular complexity index is 396. The lowest BCUT2D eigenvalue weighted by Gasteiger charge is -2.22. The Labute approximate surface area is 115 Å². The lowest BCUT2D eigenvalue weighted by Crippen LogP contribution is -2.31. The van der Waals surface area contributed by atoms with Gasteiger partial charge in [0.15, 0.2) is 0 Å². The van der Waals surface area contributed by atoms with Gasteiger partial charge in [0.25, 0.3) is 0 Å². The minimum absolute atomic E-state index is 0.205. The van der Waals surface area contributed by atoms with Crippen molar-refractivity contribution in [2.75, 3.05) is 20.7 Å². The first kappa shape index (κ1) is 15.9. The number of methoxy groups -OCH3 is 1. The summed E-state index contributed by atoms with van der Waals surface area (Å²) in [6.45, 7) is 5.80. The lowest BCUT2D eigenvalue weighted by atomic mass is 10.0. The van der Waals surface area contributed by atoms with Crippen molar-refractivity contribution in [3.05, 3.63) is 29.6 Å². The molecule has 2 N–H and O–H groups in total. The third-order valence-corrected chi connectivity index (χ3v) is 3.38. The SMILES string of the molecule is COc1ccc(F)cc1CN(C)CCC(N)C(C)C. The van der Waals surface area contributed by atoms with Crippen LogP contribution in [0.2, 0.25) is 0 Å². The normalized spacial score (nSPS) is 13.1. The predicted molar refractivity (Wildman–Crippen MR) is 76.7 cm³/mol. The van der Waals surface area contributed by atoms with Gasteiger partial charge in [-0.3, -0.25) is 0 Å². The molecular formula is C15H25FN2O. The molecule has 0 amide bonds. The van der Waals surface area contributed by atoms with E-state index in [4.69, 9.17) is 10.5 Å². The van der Waals surface area contributed by atoms with Crippen molar-refractivity contribution in [2.24, 2.45) is 11.7 Å². The first-order valence-electron chi connectivity index (χ1n) is 6.70. The van der Waals surface area contributed by atoms with Crippen LogP contribution >= 0.6 is 0 Å². The van der Waals surface area contributed by atoms with E-state index < -0.39 is 0 Å². The number of rotatable bonds is 7. The second-order valence-corrected chi connectivity index (χ2v) is 5.39. The molecule has 0 saturated carbocycles. The summed E-state index contributed by atoms with van der Waals surface area (Å²) in [7, 11) is 3.61. The molecule has 3 nitrogen and oxygen atoms in total. The smallest absolute Gasteiger partial charge is 0.123 e. The summed E-state index contributed by atoms with van der Waals surface area (Å²) in [5.41, 5.74) is 6.89. The maximum atomic E-state index is 13.3. The van der Waals surface area contributed by atoms with Gasteiger partial charge in [-0.05, 0) is 44.1 Å². The zero-order chi connectivity index (χ0) is 14.4. The maximum Gasteiger partial charge on any atom is 0.123 e. The van der Waals surface area contributed by atoms with E-state index >= 15 is 0 Å². The summed E-state index contributed by atoms with van der Waals surface area (Å²) >= 11 is 0. The Kier molecular flexibility index (Phi) is 6.25. The van der Waals surface area contributed by atoms with Crippen LogP contribution in [0.4, 0.5) is 4.39 Å². The van der Waals surface area contributed by atoms with Crippen molar-refractivity contribution in [3.63, 3.8) is 0 Å². The number of halogens is 1. The van der Waals surface area contributed by atoms with E-state index in [0.29, 0.717) is 12.5 Å². The molecule has 1 atom stereocenters. The van der Waals surface area contributed by atoms with E-state index in [1.807, 2.05) is 7.05 Å². The van der Waals surface area contributed by atoms with Gasteiger partial charge in [0.05, 0.1) is 7.11 Å². The van der Waals surface area contributed by atoms with Gasteiger partial charge in [-0.25, -0.2) is 4.39 Å². The molecule has 0 aliphatic carbocycles. The van der Waals surface area contributed by atoms with Gasteiger partial charge >= 0.3 is 0 Å². The fraction of sp³-hybridized carbons (Fsp3) is 0.600. The van der Waals surface area contributed by atoms with Gasteiger partial charge in [-0.2, -0.15) is 0 Å². The Hall–Kier alpha value is -1.13. The van der Waals surface area contributed by atoms with Gasteiger partial charge in [-0.1, -0.05) is 13.8 Å². The number of hydrogen-bond donors (Lipinski definition) is 1. The topological polar surface area (TPSA) is 38.5 Å². The number of nitrogens with zero attached hydrogens (tertiary/aromatic N) is 1. The van der Waals surface area contributed by atoms with Crippen LogP contribution in [0.3, 0.4) is 0 Å². The van der Waals surface area contributed by atoms with Crippen LogP contribution in [-0.4, -0.2) is 31.6 Å². The van der Waals surface area contributed by atoms with Gasteiger partial charge in [0, 0.05) is 18.2 Å². The summed E-state index contributed by atoms with van der Waals surface area (Å²) in [5, 5.41) is 0. The second-order valence-electron chi connectivity index (χ2n) is 5.39. The summed E-state index contributed by atoms with van der Waals surface area (Å²) in [6, 6.07) is 4.81. The number of nitrogens with two attached hydrogens (primary N) is 1. The molecule has 19 heavy (non-hydrogen) atoms. The van der Waals surface area contributed by atoms with Crippen molar-refractivity contribution < 1.29 is 9.13 Å². The first-order chi connectivity index (χ1) is 8.93. The van der Waals surface area contributed by atoms with Crippen LogP contribution in [0.5, 0.6) is 5.75 Å². The fourth-order valence-corrected chi connectivity index (χ4v) is 1.94. The summed E-state index contributed by atoms with van der Waals surface area (Å²) in [6.07, 6.45) is 0.936. The highest BCUT2D eigenvalue weighted by molar-refractivity contribution is 5.33. The van der Waals surface area contributed by atoms with Gasteiger partial charge < -0.3 is 15.4 Å². The molecule has 0 bridgehead atoms. The summed E-state index contributed by atoms with van der Waals surface area (Å²) in [4.78, 5) is 2.14. The predicted octanol–water partition coefficient (Wildman–Crippen LogP) is 2.64. The Morgan fingerprint density at radius 2 is 2.05 bits per heavy atom. The van der Waals surface area contributed by atoms with Crippen molar-refractivity contribution in [1.29, 1.82) is 0 Å². The monoisotopic (exact) mass is 268 g/mol. The fourth-order valence-electron chi connectivity index (χ4n) is 1.94. The number of hydrogen-bond acceptors (Lipinski definition) is 3. The molecule has 1 unspecified atom stereocenters. The third kappa shape index (κ3) is 5.17. The highest BCUT2D eigenvalue weighted by Crippen LogP contribution is 2.20. The van der Waals surface area contributed by atoms with E-state index in [9.17, 15) is 4.39 Å². The van der Waals surface area contributed by atoms with Gasteiger partial charge in [-0.15, -0.1) is 0 Å². The number of ether oxygens (including phenoxy) is 1. The Morgan fingerprint density at radius 3 is 2.63 bits per heavy atom. The Balaban J connectivity index is 2.56. The molecule has 0 fully saturated rings. The maximum absolute atomic E-state index is 13.3. The highest BCUT2D eigenvalue weighted by Gasteiger charge is 2.11. The zero-order valence-electron chi connectivity index (χ0n) is 12.3. The Morgan fingerprint density at radius 1 is 1.37 bits per heavy atom. The molecule has 0 aliphatic heterocycles. The van der Waals surface area contributed by atoms with Crippen molar-refractivity contribution in [1.82, 2.24) is 4.90 Å². The zero-order valence-corrected chi connectivity index (χ0v) is 12.3. The van der Waals surface area contributed by atoms with Gasteiger partial charge in [0.1, 0.15) is 11.6 Å². The van der Waals surface area contributed by atoms with Crippen LogP contribution in [0.25, 0.3) is 0 Å². The molecule has 0 aliphatic rings. The van der Waals surface area contributed by atoms with Crippen molar-refractivity contribution >= 4 is 0 Å². The number of benzene rings is 1. The molecule has 1 aromatic carbocycles.